The van der Waals surface area contributed by atoms with E-state index >= 15 is 0 Å². The second kappa shape index (κ2) is 7.42. The van der Waals surface area contributed by atoms with Crippen molar-refractivity contribution in [3.05, 3.63) is 29.3 Å². The smallest absolute Gasteiger partial charge is 0.124 e. The van der Waals surface area contributed by atoms with E-state index in [9.17, 15) is 0 Å². The van der Waals surface area contributed by atoms with Crippen LogP contribution >= 0.6 is 0 Å². The molecule has 0 aliphatic heterocycles. The van der Waals surface area contributed by atoms with Gasteiger partial charge in [-0.05, 0) is 32.4 Å². The molecule has 0 aliphatic carbocycles. The first-order valence-corrected chi connectivity index (χ1v) is 7.05. The van der Waals surface area contributed by atoms with Crippen molar-refractivity contribution in [2.24, 2.45) is 5.92 Å². The molecule has 0 aromatic heterocycles. The first kappa shape index (κ1) is 15.0. The van der Waals surface area contributed by atoms with Gasteiger partial charge in [-0.25, -0.2) is 0 Å². The molecular formula is C16H27NO. The molecule has 1 rings (SSSR count). The molecule has 2 nitrogen and oxygen atoms in total. The molecule has 0 bridgehead atoms. The first-order valence-electron chi connectivity index (χ1n) is 7.05. The minimum atomic E-state index is 0.335. The van der Waals surface area contributed by atoms with E-state index < -0.39 is 0 Å². The number of aryl methyl sites for hydroxylation is 1. The Balaban J connectivity index is 2.82. The highest BCUT2D eigenvalue weighted by Crippen LogP contribution is 2.26. The van der Waals surface area contributed by atoms with Crippen LogP contribution in [0.25, 0.3) is 0 Å². The van der Waals surface area contributed by atoms with Gasteiger partial charge in [0.1, 0.15) is 5.75 Å². The Morgan fingerprint density at radius 1 is 1.22 bits per heavy atom. The van der Waals surface area contributed by atoms with Crippen molar-refractivity contribution in [2.75, 3.05) is 13.2 Å². The zero-order valence-corrected chi connectivity index (χ0v) is 12.4. The molecule has 0 amide bonds. The summed E-state index contributed by atoms with van der Waals surface area (Å²) in [7, 11) is 0. The Morgan fingerprint density at radius 2 is 1.94 bits per heavy atom. The Labute approximate surface area is 112 Å². The molecule has 0 aliphatic rings. The molecule has 0 saturated carbocycles. The number of hydrogen-bond acceptors (Lipinski definition) is 2. The van der Waals surface area contributed by atoms with Crippen LogP contribution < -0.4 is 10.1 Å². The van der Waals surface area contributed by atoms with E-state index in [0.717, 1.165) is 25.3 Å². The van der Waals surface area contributed by atoms with Crippen LogP contribution in [0.5, 0.6) is 5.75 Å². The highest BCUT2D eigenvalue weighted by atomic mass is 16.5. The Morgan fingerprint density at radius 3 is 2.56 bits per heavy atom. The Bertz CT molecular complexity index is 362. The van der Waals surface area contributed by atoms with Crippen molar-refractivity contribution in [1.82, 2.24) is 5.32 Å². The lowest BCUT2D eigenvalue weighted by Crippen LogP contribution is -2.19. The molecule has 1 aromatic carbocycles. The molecule has 0 spiro atoms. The highest BCUT2D eigenvalue weighted by Gasteiger charge is 2.12. The fourth-order valence-corrected chi connectivity index (χ4v) is 1.90. The van der Waals surface area contributed by atoms with Crippen molar-refractivity contribution >= 4 is 0 Å². The summed E-state index contributed by atoms with van der Waals surface area (Å²) in [6, 6.07) is 6.77. The molecule has 1 aromatic rings. The Hall–Kier alpha value is -1.02. The van der Waals surface area contributed by atoms with Crippen LogP contribution in [0.4, 0.5) is 0 Å². The summed E-state index contributed by atoms with van der Waals surface area (Å²) in [5.41, 5.74) is 2.55. The SMILES string of the molecule is CCNC(C)c1cc(C)ccc1OCC(C)CC. The van der Waals surface area contributed by atoms with E-state index in [0.29, 0.717) is 12.0 Å². The summed E-state index contributed by atoms with van der Waals surface area (Å²) < 4.78 is 5.97. The topological polar surface area (TPSA) is 21.3 Å². The largest absolute Gasteiger partial charge is 0.493 e. The van der Waals surface area contributed by atoms with E-state index in [-0.39, 0.29) is 0 Å². The van der Waals surface area contributed by atoms with E-state index in [1.807, 2.05) is 0 Å². The van der Waals surface area contributed by atoms with Gasteiger partial charge in [-0.15, -0.1) is 0 Å². The van der Waals surface area contributed by atoms with Gasteiger partial charge in [0, 0.05) is 11.6 Å². The van der Waals surface area contributed by atoms with E-state index in [4.69, 9.17) is 4.74 Å². The number of benzene rings is 1. The average Bonchev–Trinajstić information content (AvgIpc) is 2.37. The summed E-state index contributed by atoms with van der Waals surface area (Å²) in [6.07, 6.45) is 1.16. The summed E-state index contributed by atoms with van der Waals surface area (Å²) in [5.74, 6) is 1.63. The molecule has 0 radical (unpaired) electrons. The van der Waals surface area contributed by atoms with Crippen molar-refractivity contribution < 1.29 is 4.74 Å². The maximum Gasteiger partial charge on any atom is 0.124 e. The molecule has 0 saturated heterocycles. The van der Waals surface area contributed by atoms with Gasteiger partial charge in [-0.2, -0.15) is 0 Å². The molecular weight excluding hydrogens is 222 g/mol. The fraction of sp³-hybridized carbons (Fsp3) is 0.625. The van der Waals surface area contributed by atoms with Gasteiger partial charge in [0.15, 0.2) is 0 Å². The third kappa shape index (κ3) is 4.34. The van der Waals surface area contributed by atoms with Gasteiger partial charge in [-0.3, -0.25) is 0 Å². The summed E-state index contributed by atoms with van der Waals surface area (Å²) in [5, 5.41) is 3.45. The van der Waals surface area contributed by atoms with E-state index in [1.54, 1.807) is 0 Å². The maximum absolute atomic E-state index is 5.97. The van der Waals surface area contributed by atoms with Gasteiger partial charge >= 0.3 is 0 Å². The number of nitrogens with one attached hydrogen (secondary N) is 1. The predicted octanol–water partition coefficient (Wildman–Crippen LogP) is 4.09. The van der Waals surface area contributed by atoms with Gasteiger partial charge in [0.2, 0.25) is 0 Å². The number of ether oxygens (including phenoxy) is 1. The molecule has 2 heteroatoms. The molecule has 0 heterocycles. The van der Waals surface area contributed by atoms with Crippen molar-refractivity contribution in [1.29, 1.82) is 0 Å². The molecule has 102 valence electrons. The van der Waals surface area contributed by atoms with E-state index in [2.05, 4.69) is 58.1 Å². The van der Waals surface area contributed by atoms with Crippen LogP contribution in [0.1, 0.15) is 51.3 Å². The molecule has 2 unspecified atom stereocenters. The summed E-state index contributed by atoms with van der Waals surface area (Å²) >= 11 is 0. The van der Waals surface area contributed by atoms with Crippen LogP contribution in [0.15, 0.2) is 18.2 Å². The predicted molar refractivity (Wildman–Crippen MR) is 78.2 cm³/mol. The summed E-state index contributed by atoms with van der Waals surface area (Å²) in [4.78, 5) is 0. The van der Waals surface area contributed by atoms with Crippen LogP contribution in [0.2, 0.25) is 0 Å². The Kier molecular flexibility index (Phi) is 6.20. The zero-order chi connectivity index (χ0) is 13.5. The van der Waals surface area contributed by atoms with Gasteiger partial charge in [0.05, 0.1) is 6.61 Å². The first-order chi connectivity index (χ1) is 8.58. The van der Waals surface area contributed by atoms with Gasteiger partial charge < -0.3 is 10.1 Å². The van der Waals surface area contributed by atoms with Crippen molar-refractivity contribution in [2.45, 2.75) is 47.1 Å². The van der Waals surface area contributed by atoms with Gasteiger partial charge in [-0.1, -0.05) is 44.9 Å². The van der Waals surface area contributed by atoms with Crippen LogP contribution in [-0.2, 0) is 0 Å². The number of rotatable bonds is 7. The molecule has 18 heavy (non-hydrogen) atoms. The lowest BCUT2D eigenvalue weighted by molar-refractivity contribution is 0.252. The average molecular weight is 249 g/mol. The van der Waals surface area contributed by atoms with Crippen LogP contribution in [-0.4, -0.2) is 13.2 Å². The van der Waals surface area contributed by atoms with E-state index in [1.165, 1.54) is 11.1 Å². The second-order valence-electron chi connectivity index (χ2n) is 5.15. The standard InChI is InChI=1S/C16H27NO/c1-6-12(3)11-18-16-9-8-13(4)10-15(16)14(5)17-7-2/h8-10,12,14,17H,6-7,11H2,1-5H3. The minimum Gasteiger partial charge on any atom is -0.493 e. The fourth-order valence-electron chi connectivity index (χ4n) is 1.90. The monoisotopic (exact) mass is 249 g/mol. The quantitative estimate of drug-likeness (QED) is 0.786. The number of hydrogen-bond donors (Lipinski definition) is 1. The molecule has 1 N–H and O–H groups in total. The third-order valence-electron chi connectivity index (χ3n) is 3.36. The normalized spacial score (nSPS) is 14.3. The highest BCUT2D eigenvalue weighted by molar-refractivity contribution is 5.39. The maximum atomic E-state index is 5.97. The lowest BCUT2D eigenvalue weighted by atomic mass is 10.0. The summed E-state index contributed by atoms with van der Waals surface area (Å²) in [6.45, 7) is 12.6. The third-order valence-corrected chi connectivity index (χ3v) is 3.36. The molecule has 0 fully saturated rings. The lowest BCUT2D eigenvalue weighted by Gasteiger charge is -2.19. The van der Waals surface area contributed by atoms with Crippen molar-refractivity contribution in [3.8, 4) is 5.75 Å². The minimum absolute atomic E-state index is 0.335. The second-order valence-corrected chi connectivity index (χ2v) is 5.15. The van der Waals surface area contributed by atoms with Crippen LogP contribution in [0, 0.1) is 12.8 Å². The van der Waals surface area contributed by atoms with Crippen LogP contribution in [0.3, 0.4) is 0 Å². The van der Waals surface area contributed by atoms with Crippen molar-refractivity contribution in [3.63, 3.8) is 0 Å². The van der Waals surface area contributed by atoms with Gasteiger partial charge in [0.25, 0.3) is 0 Å². The molecule has 2 atom stereocenters. The zero-order valence-electron chi connectivity index (χ0n) is 12.4.